The Morgan fingerprint density at radius 1 is 0.708 bits per heavy atom. The lowest BCUT2D eigenvalue weighted by Crippen LogP contribution is -1.87. The number of rotatable bonds is 4. The fourth-order valence-corrected chi connectivity index (χ4v) is 4.22. The number of thiazole rings is 2. The summed E-state index contributed by atoms with van der Waals surface area (Å²) < 4.78 is 0. The summed E-state index contributed by atoms with van der Waals surface area (Å²) in [4.78, 5) is 9.53. The number of aryl methyl sites for hydroxylation is 1. The smallest absolute Gasteiger partial charge is 0.100 e. The van der Waals surface area contributed by atoms with E-state index >= 15 is 0 Å². The SMILES string of the molecule is Cc1ccc(-c2csc(Cc3nc(-c4ccccc4)cs3)n2)cc1. The van der Waals surface area contributed by atoms with Crippen molar-refractivity contribution in [3.8, 4) is 22.5 Å². The fraction of sp³-hybridized carbons (Fsp3) is 0.100. The van der Waals surface area contributed by atoms with E-state index in [0.29, 0.717) is 0 Å². The third-order valence-electron chi connectivity index (χ3n) is 3.82. The third kappa shape index (κ3) is 3.30. The molecule has 118 valence electrons. The average molecular weight is 348 g/mol. The van der Waals surface area contributed by atoms with Crippen LogP contribution in [-0.2, 0) is 6.42 Å². The highest BCUT2D eigenvalue weighted by atomic mass is 32.1. The third-order valence-corrected chi connectivity index (χ3v) is 5.52. The zero-order valence-corrected chi connectivity index (χ0v) is 14.9. The maximum Gasteiger partial charge on any atom is 0.100 e. The minimum Gasteiger partial charge on any atom is -0.241 e. The van der Waals surface area contributed by atoms with Gasteiger partial charge in [0, 0.05) is 21.9 Å². The van der Waals surface area contributed by atoms with Crippen molar-refractivity contribution in [2.24, 2.45) is 0 Å². The summed E-state index contributed by atoms with van der Waals surface area (Å²) >= 11 is 3.41. The van der Waals surface area contributed by atoms with Gasteiger partial charge in [0.2, 0.25) is 0 Å². The van der Waals surface area contributed by atoms with Crippen molar-refractivity contribution < 1.29 is 0 Å². The molecular formula is C20H16N2S2. The molecule has 0 aliphatic rings. The summed E-state index contributed by atoms with van der Waals surface area (Å²) in [5.74, 6) is 0. The average Bonchev–Trinajstić information content (AvgIpc) is 3.27. The van der Waals surface area contributed by atoms with E-state index in [1.807, 2.05) is 18.2 Å². The molecule has 4 aromatic rings. The molecular weight excluding hydrogens is 332 g/mol. The molecule has 2 aromatic carbocycles. The molecule has 2 aromatic heterocycles. The van der Waals surface area contributed by atoms with Crippen molar-refractivity contribution in [1.29, 1.82) is 0 Å². The Labute approximate surface area is 149 Å². The Kier molecular flexibility index (Phi) is 4.24. The van der Waals surface area contributed by atoms with Crippen molar-refractivity contribution in [1.82, 2.24) is 9.97 Å². The summed E-state index contributed by atoms with van der Waals surface area (Å²) in [6, 6.07) is 18.8. The van der Waals surface area contributed by atoms with Crippen LogP contribution in [-0.4, -0.2) is 9.97 Å². The van der Waals surface area contributed by atoms with Crippen LogP contribution in [0.4, 0.5) is 0 Å². The molecule has 0 aliphatic carbocycles. The highest BCUT2D eigenvalue weighted by Gasteiger charge is 2.09. The highest BCUT2D eigenvalue weighted by molar-refractivity contribution is 7.11. The van der Waals surface area contributed by atoms with Gasteiger partial charge in [0.1, 0.15) is 10.0 Å². The van der Waals surface area contributed by atoms with E-state index in [0.717, 1.165) is 27.8 Å². The van der Waals surface area contributed by atoms with Crippen LogP contribution in [0.25, 0.3) is 22.5 Å². The topological polar surface area (TPSA) is 25.8 Å². The van der Waals surface area contributed by atoms with Crippen LogP contribution < -0.4 is 0 Å². The van der Waals surface area contributed by atoms with Crippen LogP contribution in [0.1, 0.15) is 15.6 Å². The van der Waals surface area contributed by atoms with Gasteiger partial charge >= 0.3 is 0 Å². The standard InChI is InChI=1S/C20H16N2S2/c1-14-7-9-16(10-8-14)18-13-24-20(22-18)11-19-21-17(12-23-19)15-5-3-2-4-6-15/h2-10,12-13H,11H2,1H3. The molecule has 0 atom stereocenters. The van der Waals surface area contributed by atoms with E-state index in [2.05, 4.69) is 54.1 Å². The monoisotopic (exact) mass is 348 g/mol. The summed E-state index contributed by atoms with van der Waals surface area (Å²) in [5.41, 5.74) is 5.71. The van der Waals surface area contributed by atoms with Gasteiger partial charge in [-0.3, -0.25) is 0 Å². The predicted octanol–water partition coefficient (Wildman–Crippen LogP) is 5.83. The first kappa shape index (κ1) is 15.2. The van der Waals surface area contributed by atoms with Crippen molar-refractivity contribution >= 4 is 22.7 Å². The summed E-state index contributed by atoms with van der Waals surface area (Å²) in [6.45, 7) is 2.10. The Morgan fingerprint density at radius 3 is 1.83 bits per heavy atom. The van der Waals surface area contributed by atoms with Crippen LogP contribution in [0.2, 0.25) is 0 Å². The van der Waals surface area contributed by atoms with Gasteiger partial charge < -0.3 is 0 Å². The second-order valence-corrected chi connectivity index (χ2v) is 7.55. The van der Waals surface area contributed by atoms with Gasteiger partial charge in [-0.15, -0.1) is 22.7 Å². The van der Waals surface area contributed by atoms with Crippen LogP contribution in [0.3, 0.4) is 0 Å². The van der Waals surface area contributed by atoms with Gasteiger partial charge in [0.15, 0.2) is 0 Å². The summed E-state index contributed by atoms with van der Waals surface area (Å²) in [5, 5.41) is 6.48. The van der Waals surface area contributed by atoms with Crippen LogP contribution >= 0.6 is 22.7 Å². The second kappa shape index (κ2) is 6.67. The maximum atomic E-state index is 4.77. The molecule has 0 aliphatic heterocycles. The number of nitrogens with zero attached hydrogens (tertiary/aromatic N) is 2. The molecule has 2 heterocycles. The number of aromatic nitrogens is 2. The Morgan fingerprint density at radius 2 is 1.25 bits per heavy atom. The lowest BCUT2D eigenvalue weighted by molar-refractivity contribution is 1.11. The van der Waals surface area contributed by atoms with Crippen molar-refractivity contribution in [2.75, 3.05) is 0 Å². The van der Waals surface area contributed by atoms with Gasteiger partial charge in [0.05, 0.1) is 17.8 Å². The minimum atomic E-state index is 0.800. The van der Waals surface area contributed by atoms with Crippen molar-refractivity contribution in [3.05, 3.63) is 80.9 Å². The quantitative estimate of drug-likeness (QED) is 0.463. The van der Waals surface area contributed by atoms with E-state index in [4.69, 9.17) is 9.97 Å². The molecule has 0 bridgehead atoms. The summed E-state index contributed by atoms with van der Waals surface area (Å²) in [7, 11) is 0. The molecule has 0 saturated heterocycles. The van der Waals surface area contributed by atoms with Gasteiger partial charge in [-0.2, -0.15) is 0 Å². The molecule has 4 rings (SSSR count). The molecule has 4 heteroatoms. The molecule has 0 radical (unpaired) electrons. The zero-order valence-electron chi connectivity index (χ0n) is 13.3. The molecule has 0 amide bonds. The Balaban J connectivity index is 1.52. The molecule has 0 unspecified atom stereocenters. The molecule has 0 fully saturated rings. The maximum absolute atomic E-state index is 4.77. The fourth-order valence-electron chi connectivity index (χ4n) is 2.51. The van der Waals surface area contributed by atoms with Crippen LogP contribution in [0, 0.1) is 6.92 Å². The molecule has 0 spiro atoms. The van der Waals surface area contributed by atoms with Crippen LogP contribution in [0.5, 0.6) is 0 Å². The lowest BCUT2D eigenvalue weighted by Gasteiger charge is -1.97. The largest absolute Gasteiger partial charge is 0.241 e. The summed E-state index contributed by atoms with van der Waals surface area (Å²) in [6.07, 6.45) is 0.800. The van der Waals surface area contributed by atoms with Gasteiger partial charge in [-0.05, 0) is 6.92 Å². The zero-order chi connectivity index (χ0) is 16.4. The number of hydrogen-bond donors (Lipinski definition) is 0. The second-order valence-electron chi connectivity index (χ2n) is 5.66. The first-order chi connectivity index (χ1) is 11.8. The van der Waals surface area contributed by atoms with E-state index < -0.39 is 0 Å². The van der Waals surface area contributed by atoms with Crippen molar-refractivity contribution in [2.45, 2.75) is 13.3 Å². The molecule has 2 nitrogen and oxygen atoms in total. The Hall–Kier alpha value is -2.30. The van der Waals surface area contributed by atoms with E-state index in [-0.39, 0.29) is 0 Å². The normalized spacial score (nSPS) is 10.9. The lowest BCUT2D eigenvalue weighted by atomic mass is 10.1. The van der Waals surface area contributed by atoms with E-state index in [9.17, 15) is 0 Å². The van der Waals surface area contributed by atoms with Crippen molar-refractivity contribution in [3.63, 3.8) is 0 Å². The van der Waals surface area contributed by atoms with Gasteiger partial charge in [-0.25, -0.2) is 9.97 Å². The number of hydrogen-bond acceptors (Lipinski definition) is 4. The van der Waals surface area contributed by atoms with Gasteiger partial charge in [-0.1, -0.05) is 60.2 Å². The van der Waals surface area contributed by atoms with E-state index in [1.165, 1.54) is 16.7 Å². The number of benzene rings is 2. The van der Waals surface area contributed by atoms with Crippen LogP contribution in [0.15, 0.2) is 65.4 Å². The first-order valence-electron chi connectivity index (χ1n) is 7.79. The Bertz CT molecular complexity index is 937. The van der Waals surface area contributed by atoms with Gasteiger partial charge in [0.25, 0.3) is 0 Å². The molecule has 0 saturated carbocycles. The predicted molar refractivity (Wildman–Crippen MR) is 103 cm³/mol. The van der Waals surface area contributed by atoms with E-state index in [1.54, 1.807) is 22.7 Å². The molecule has 0 N–H and O–H groups in total. The first-order valence-corrected chi connectivity index (χ1v) is 9.55. The minimum absolute atomic E-state index is 0.800. The molecule has 24 heavy (non-hydrogen) atoms. The highest BCUT2D eigenvalue weighted by Crippen LogP contribution is 2.26.